The minimum absolute atomic E-state index is 0. The average molecular weight is 501 g/mol. The van der Waals surface area contributed by atoms with Crippen LogP contribution in [0.2, 0.25) is 0 Å². The van der Waals surface area contributed by atoms with Gasteiger partial charge in [-0.25, -0.2) is 0 Å². The summed E-state index contributed by atoms with van der Waals surface area (Å²) in [5.41, 5.74) is 0. The molecular formula is C31H57NaO3. The van der Waals surface area contributed by atoms with E-state index in [1.807, 2.05) is 0 Å². The molecule has 0 aliphatic heterocycles. The van der Waals surface area contributed by atoms with Gasteiger partial charge in [-0.15, -0.1) is 0 Å². The van der Waals surface area contributed by atoms with E-state index in [2.05, 4.69) is 26.0 Å². The van der Waals surface area contributed by atoms with E-state index in [9.17, 15) is 14.7 Å². The van der Waals surface area contributed by atoms with Crippen molar-refractivity contribution < 1.29 is 44.3 Å². The van der Waals surface area contributed by atoms with Crippen molar-refractivity contribution >= 4 is 11.8 Å². The molecular weight excluding hydrogens is 443 g/mol. The minimum atomic E-state index is -1.04. The zero-order valence-electron chi connectivity index (χ0n) is 23.9. The molecule has 0 saturated carbocycles. The molecule has 35 heavy (non-hydrogen) atoms. The van der Waals surface area contributed by atoms with E-state index >= 15 is 0 Å². The fourth-order valence-corrected chi connectivity index (χ4v) is 4.60. The van der Waals surface area contributed by atoms with Gasteiger partial charge in [0.1, 0.15) is 5.78 Å². The number of allylic oxidation sites excluding steroid dienone is 2. The summed E-state index contributed by atoms with van der Waals surface area (Å²) in [7, 11) is 0. The Morgan fingerprint density at radius 3 is 1.46 bits per heavy atom. The van der Waals surface area contributed by atoms with E-state index in [1.54, 1.807) is 0 Å². The first kappa shape index (κ1) is 37.0. The van der Waals surface area contributed by atoms with Gasteiger partial charge in [0.15, 0.2) is 0 Å². The molecule has 1 unspecified atom stereocenters. The van der Waals surface area contributed by atoms with Crippen LogP contribution in [0.25, 0.3) is 0 Å². The van der Waals surface area contributed by atoms with Crippen molar-refractivity contribution in [2.45, 2.75) is 168 Å². The molecule has 1 atom stereocenters. The predicted octanol–water partition coefficient (Wildman–Crippen LogP) is 5.88. The van der Waals surface area contributed by atoms with Crippen molar-refractivity contribution in [2.75, 3.05) is 0 Å². The Bertz CT molecular complexity index is 490. The minimum Gasteiger partial charge on any atom is -0.550 e. The molecule has 0 aliphatic carbocycles. The third-order valence-electron chi connectivity index (χ3n) is 6.93. The van der Waals surface area contributed by atoms with Crippen molar-refractivity contribution in [3.05, 3.63) is 12.2 Å². The second-order valence-corrected chi connectivity index (χ2v) is 10.4. The summed E-state index contributed by atoms with van der Waals surface area (Å²) >= 11 is 0. The molecule has 0 aliphatic rings. The third kappa shape index (κ3) is 28.3. The van der Waals surface area contributed by atoms with Gasteiger partial charge in [-0.3, -0.25) is 4.79 Å². The summed E-state index contributed by atoms with van der Waals surface area (Å²) in [4.78, 5) is 23.6. The molecule has 0 saturated heterocycles. The molecule has 0 radical (unpaired) electrons. The standard InChI is InChI=1S/C31H58O3.Na/c1-3-5-7-9-11-13-14-15-16-17-18-19-21-23-25-27-30(32)28-29(31(33)34)26-24-22-20-12-10-8-6-4-2;/h15-16,29H,3-14,17-28H2,1-2H3,(H,33,34);/q;+1/p-1. The Kier molecular flexibility index (Phi) is 31.9. The number of hydrogen-bond donors (Lipinski definition) is 0. The van der Waals surface area contributed by atoms with Crippen LogP contribution in [0.3, 0.4) is 0 Å². The van der Waals surface area contributed by atoms with Gasteiger partial charge in [-0.05, 0) is 38.5 Å². The first-order valence-electron chi connectivity index (χ1n) is 15.0. The van der Waals surface area contributed by atoms with Gasteiger partial charge in [0.25, 0.3) is 0 Å². The van der Waals surface area contributed by atoms with Gasteiger partial charge < -0.3 is 9.90 Å². The van der Waals surface area contributed by atoms with Crippen LogP contribution in [0.4, 0.5) is 0 Å². The SMILES string of the molecule is CCCCCCCCC=CCCCCCCCC(=O)CC(CCCCCCCCCC)C(=O)[O-].[Na+]. The normalized spacial score (nSPS) is 12.1. The van der Waals surface area contributed by atoms with Crippen LogP contribution in [-0.4, -0.2) is 11.8 Å². The predicted molar refractivity (Wildman–Crippen MR) is 145 cm³/mol. The fraction of sp³-hybridized carbons (Fsp3) is 0.871. The Morgan fingerprint density at radius 2 is 1.00 bits per heavy atom. The van der Waals surface area contributed by atoms with Gasteiger partial charge in [0.2, 0.25) is 0 Å². The molecule has 0 amide bonds. The quantitative estimate of drug-likeness (QED) is 0.0803. The number of ketones is 1. The number of carbonyl (C=O) groups excluding carboxylic acids is 2. The Labute approximate surface area is 241 Å². The number of aliphatic carboxylic acids is 1. The zero-order chi connectivity index (χ0) is 25.1. The number of rotatable bonds is 27. The molecule has 0 aromatic carbocycles. The molecule has 3 nitrogen and oxygen atoms in total. The van der Waals surface area contributed by atoms with Gasteiger partial charge in [0.05, 0.1) is 0 Å². The molecule has 0 spiro atoms. The molecule has 0 bridgehead atoms. The molecule has 0 rings (SSSR count). The maximum atomic E-state index is 12.2. The van der Waals surface area contributed by atoms with Crippen LogP contribution in [0, 0.1) is 5.92 Å². The first-order chi connectivity index (χ1) is 16.6. The van der Waals surface area contributed by atoms with Crippen LogP contribution in [0.1, 0.15) is 168 Å². The summed E-state index contributed by atoms with van der Waals surface area (Å²) in [6, 6.07) is 0. The smallest absolute Gasteiger partial charge is 0.550 e. The molecule has 0 aromatic rings. The van der Waals surface area contributed by atoms with E-state index < -0.39 is 11.9 Å². The fourth-order valence-electron chi connectivity index (χ4n) is 4.60. The van der Waals surface area contributed by atoms with Crippen molar-refractivity contribution in [2.24, 2.45) is 5.92 Å². The van der Waals surface area contributed by atoms with Crippen LogP contribution >= 0.6 is 0 Å². The maximum Gasteiger partial charge on any atom is 1.00 e. The average Bonchev–Trinajstić information content (AvgIpc) is 2.82. The molecule has 4 heteroatoms. The van der Waals surface area contributed by atoms with E-state index in [4.69, 9.17) is 0 Å². The zero-order valence-corrected chi connectivity index (χ0v) is 25.9. The molecule has 0 heterocycles. The van der Waals surface area contributed by atoms with Crippen LogP contribution in [-0.2, 0) is 9.59 Å². The maximum absolute atomic E-state index is 12.2. The summed E-state index contributed by atoms with van der Waals surface area (Å²) < 4.78 is 0. The largest absolute Gasteiger partial charge is 1.00 e. The summed E-state index contributed by atoms with van der Waals surface area (Å²) in [5.74, 6) is -1.53. The van der Waals surface area contributed by atoms with Crippen LogP contribution in [0.5, 0.6) is 0 Å². The molecule has 0 fully saturated rings. The number of Topliss-reactive ketones (excluding diaryl/α,β-unsaturated/α-hetero) is 1. The van der Waals surface area contributed by atoms with E-state index in [-0.39, 0.29) is 41.8 Å². The van der Waals surface area contributed by atoms with Gasteiger partial charge >= 0.3 is 29.6 Å². The Balaban J connectivity index is 0. The summed E-state index contributed by atoms with van der Waals surface area (Å²) in [5, 5.41) is 11.4. The first-order valence-corrected chi connectivity index (χ1v) is 15.0. The molecule has 0 N–H and O–H groups in total. The van der Waals surface area contributed by atoms with Gasteiger partial charge in [-0.2, -0.15) is 0 Å². The number of carboxylic acids is 1. The van der Waals surface area contributed by atoms with Crippen molar-refractivity contribution in [1.29, 1.82) is 0 Å². The van der Waals surface area contributed by atoms with E-state index in [0.717, 1.165) is 25.7 Å². The van der Waals surface area contributed by atoms with Crippen molar-refractivity contribution in [3.63, 3.8) is 0 Å². The molecule has 0 aromatic heterocycles. The Hall–Kier alpha value is -0.120. The summed E-state index contributed by atoms with van der Waals surface area (Å²) in [6.45, 7) is 4.48. The monoisotopic (exact) mass is 500 g/mol. The molecule has 200 valence electrons. The number of hydrogen-bond acceptors (Lipinski definition) is 3. The van der Waals surface area contributed by atoms with E-state index in [1.165, 1.54) is 109 Å². The van der Waals surface area contributed by atoms with Gasteiger partial charge in [-0.1, -0.05) is 129 Å². The Morgan fingerprint density at radius 1 is 0.600 bits per heavy atom. The van der Waals surface area contributed by atoms with Crippen molar-refractivity contribution in [1.82, 2.24) is 0 Å². The summed E-state index contributed by atoms with van der Waals surface area (Å²) in [6.07, 6.45) is 31.6. The third-order valence-corrected chi connectivity index (χ3v) is 6.93. The second kappa shape index (κ2) is 30.1. The van der Waals surface area contributed by atoms with Gasteiger partial charge in [0, 0.05) is 24.7 Å². The van der Waals surface area contributed by atoms with Crippen LogP contribution < -0.4 is 34.7 Å². The van der Waals surface area contributed by atoms with E-state index in [0.29, 0.717) is 12.8 Å². The number of carboxylic acid groups (broad SMARTS) is 1. The van der Waals surface area contributed by atoms with Crippen molar-refractivity contribution in [3.8, 4) is 0 Å². The topological polar surface area (TPSA) is 57.2 Å². The van der Waals surface area contributed by atoms with Crippen LogP contribution in [0.15, 0.2) is 12.2 Å². The second-order valence-electron chi connectivity index (χ2n) is 10.4. The number of carbonyl (C=O) groups is 2. The number of unbranched alkanes of at least 4 members (excludes halogenated alkanes) is 18.